The third-order valence-corrected chi connectivity index (χ3v) is 6.71. The molecule has 6 heteroatoms. The Morgan fingerprint density at radius 2 is 1.88 bits per heavy atom. The van der Waals surface area contributed by atoms with E-state index in [0.717, 1.165) is 6.42 Å². The molecule has 2 rings (SSSR count). The van der Waals surface area contributed by atoms with Gasteiger partial charge in [0.1, 0.15) is 4.75 Å². The number of sulfonamides is 1. The van der Waals surface area contributed by atoms with Gasteiger partial charge >= 0.3 is 0 Å². The first kappa shape index (κ1) is 12.3. The van der Waals surface area contributed by atoms with Crippen molar-refractivity contribution < 1.29 is 13.2 Å². The molecule has 16 heavy (non-hydrogen) atoms. The molecular weight excluding hydrogens is 228 g/mol. The molecule has 1 saturated carbocycles. The van der Waals surface area contributed by atoms with Gasteiger partial charge in [-0.1, -0.05) is 6.42 Å². The van der Waals surface area contributed by atoms with E-state index in [9.17, 15) is 8.42 Å². The molecule has 1 aliphatic carbocycles. The minimum absolute atomic E-state index is 0.297. The van der Waals surface area contributed by atoms with Gasteiger partial charge in [-0.05, 0) is 19.8 Å². The molecule has 1 saturated heterocycles. The Morgan fingerprint density at radius 1 is 1.31 bits per heavy atom. The van der Waals surface area contributed by atoms with Crippen LogP contribution >= 0.6 is 0 Å². The second-order valence-electron chi connectivity index (χ2n) is 4.72. The summed E-state index contributed by atoms with van der Waals surface area (Å²) in [6, 6.07) is -0.297. The van der Waals surface area contributed by atoms with Crippen molar-refractivity contribution in [2.45, 2.75) is 37.0 Å². The first-order chi connectivity index (χ1) is 7.51. The maximum atomic E-state index is 12.5. The summed E-state index contributed by atoms with van der Waals surface area (Å²) in [6.07, 6.45) is 2.36. The van der Waals surface area contributed by atoms with Gasteiger partial charge < -0.3 is 10.5 Å². The predicted molar refractivity (Wildman–Crippen MR) is 61.5 cm³/mol. The Kier molecular flexibility index (Phi) is 3.27. The van der Waals surface area contributed by atoms with Crippen molar-refractivity contribution in [1.82, 2.24) is 4.31 Å². The first-order valence-electron chi connectivity index (χ1n) is 5.84. The van der Waals surface area contributed by atoms with E-state index < -0.39 is 14.8 Å². The Bertz CT molecular complexity index is 343. The topological polar surface area (TPSA) is 72.6 Å². The summed E-state index contributed by atoms with van der Waals surface area (Å²) in [5.41, 5.74) is 5.89. The Labute approximate surface area is 97.0 Å². The highest BCUT2D eigenvalue weighted by Gasteiger charge is 2.54. The lowest BCUT2D eigenvalue weighted by molar-refractivity contribution is 0.0702. The van der Waals surface area contributed by atoms with Crippen molar-refractivity contribution in [3.8, 4) is 0 Å². The molecule has 2 N–H and O–H groups in total. The molecule has 1 unspecified atom stereocenters. The Morgan fingerprint density at radius 3 is 2.25 bits per heavy atom. The molecule has 2 aliphatic rings. The van der Waals surface area contributed by atoms with Crippen molar-refractivity contribution >= 4 is 10.0 Å². The predicted octanol–water partition coefficient (Wildman–Crippen LogP) is -0.0817. The third kappa shape index (κ3) is 1.68. The van der Waals surface area contributed by atoms with Crippen LogP contribution in [0.25, 0.3) is 0 Å². The number of morpholine rings is 1. The molecule has 2 fully saturated rings. The normalized spacial score (nSPS) is 28.4. The molecule has 0 amide bonds. The van der Waals surface area contributed by atoms with E-state index in [1.807, 2.05) is 0 Å². The number of hydrogen-bond acceptors (Lipinski definition) is 4. The van der Waals surface area contributed by atoms with E-state index in [4.69, 9.17) is 10.5 Å². The summed E-state index contributed by atoms with van der Waals surface area (Å²) in [4.78, 5) is 0. The van der Waals surface area contributed by atoms with E-state index in [-0.39, 0.29) is 6.04 Å². The number of ether oxygens (including phenoxy) is 1. The molecular formula is C10H20N2O3S. The van der Waals surface area contributed by atoms with Gasteiger partial charge in [-0.15, -0.1) is 0 Å². The summed E-state index contributed by atoms with van der Waals surface area (Å²) < 4.78 is 31.1. The van der Waals surface area contributed by atoms with Gasteiger partial charge in [-0.3, -0.25) is 0 Å². The van der Waals surface area contributed by atoms with Crippen molar-refractivity contribution in [2.24, 2.45) is 5.73 Å². The molecule has 0 aromatic rings. The SMILES string of the molecule is CC(N)C1(S(=O)(=O)N2CCOCC2)CCC1. The average molecular weight is 248 g/mol. The minimum Gasteiger partial charge on any atom is -0.379 e. The van der Waals surface area contributed by atoms with E-state index in [2.05, 4.69) is 0 Å². The number of nitrogens with zero attached hydrogens (tertiary/aromatic N) is 1. The van der Waals surface area contributed by atoms with Crippen molar-refractivity contribution in [2.75, 3.05) is 26.3 Å². The van der Waals surface area contributed by atoms with Gasteiger partial charge in [-0.2, -0.15) is 4.31 Å². The standard InChI is InChI=1S/C10H20N2O3S/c1-9(11)10(3-2-4-10)16(13,14)12-5-7-15-8-6-12/h9H,2-8,11H2,1H3. The quantitative estimate of drug-likeness (QED) is 0.758. The number of hydrogen-bond donors (Lipinski definition) is 1. The van der Waals surface area contributed by atoms with Crippen LogP contribution in [0.15, 0.2) is 0 Å². The molecule has 0 bridgehead atoms. The van der Waals surface area contributed by atoms with E-state index in [0.29, 0.717) is 39.1 Å². The smallest absolute Gasteiger partial charge is 0.221 e. The van der Waals surface area contributed by atoms with Crippen LogP contribution in [-0.2, 0) is 14.8 Å². The lowest BCUT2D eigenvalue weighted by Crippen LogP contribution is -2.62. The zero-order chi connectivity index (χ0) is 11.8. The lowest BCUT2D eigenvalue weighted by atomic mass is 9.79. The second kappa shape index (κ2) is 4.25. The van der Waals surface area contributed by atoms with Gasteiger partial charge in [0.25, 0.3) is 0 Å². The maximum absolute atomic E-state index is 12.5. The molecule has 94 valence electrons. The van der Waals surface area contributed by atoms with Gasteiger partial charge in [0.05, 0.1) is 13.2 Å². The van der Waals surface area contributed by atoms with Gasteiger partial charge in [0.15, 0.2) is 0 Å². The molecule has 5 nitrogen and oxygen atoms in total. The summed E-state index contributed by atoms with van der Waals surface area (Å²) in [5, 5.41) is 0. The lowest BCUT2D eigenvalue weighted by Gasteiger charge is -2.47. The van der Waals surface area contributed by atoms with Crippen LogP contribution in [0.4, 0.5) is 0 Å². The first-order valence-corrected chi connectivity index (χ1v) is 7.28. The van der Waals surface area contributed by atoms with Crippen LogP contribution in [-0.4, -0.2) is 49.8 Å². The average Bonchev–Trinajstić information content (AvgIpc) is 2.16. The number of rotatable bonds is 3. The van der Waals surface area contributed by atoms with E-state index >= 15 is 0 Å². The van der Waals surface area contributed by atoms with Crippen LogP contribution in [0.5, 0.6) is 0 Å². The Balaban J connectivity index is 2.22. The van der Waals surface area contributed by atoms with Gasteiger partial charge in [0.2, 0.25) is 10.0 Å². The zero-order valence-electron chi connectivity index (χ0n) is 9.68. The molecule has 0 spiro atoms. The molecule has 1 aliphatic heterocycles. The highest BCUT2D eigenvalue weighted by Crippen LogP contribution is 2.43. The van der Waals surface area contributed by atoms with Gasteiger partial charge in [0, 0.05) is 19.1 Å². The fourth-order valence-corrected chi connectivity index (χ4v) is 4.94. The summed E-state index contributed by atoms with van der Waals surface area (Å²) in [6.45, 7) is 3.73. The molecule has 0 aromatic heterocycles. The molecule has 0 aromatic carbocycles. The van der Waals surface area contributed by atoms with Crippen molar-refractivity contribution in [3.63, 3.8) is 0 Å². The Hall–Kier alpha value is -0.170. The van der Waals surface area contributed by atoms with Crippen LogP contribution in [0.2, 0.25) is 0 Å². The van der Waals surface area contributed by atoms with Crippen molar-refractivity contribution in [1.29, 1.82) is 0 Å². The van der Waals surface area contributed by atoms with E-state index in [1.165, 1.54) is 0 Å². The van der Waals surface area contributed by atoms with Crippen LogP contribution in [0.3, 0.4) is 0 Å². The summed E-state index contributed by atoms with van der Waals surface area (Å²) in [5.74, 6) is 0. The molecule has 0 radical (unpaired) electrons. The van der Waals surface area contributed by atoms with Crippen LogP contribution in [0, 0.1) is 0 Å². The minimum atomic E-state index is -3.26. The number of nitrogens with two attached hydrogens (primary N) is 1. The van der Waals surface area contributed by atoms with Crippen LogP contribution in [0.1, 0.15) is 26.2 Å². The monoisotopic (exact) mass is 248 g/mol. The highest BCUT2D eigenvalue weighted by atomic mass is 32.2. The maximum Gasteiger partial charge on any atom is 0.221 e. The third-order valence-electron chi connectivity index (χ3n) is 3.85. The van der Waals surface area contributed by atoms with Gasteiger partial charge in [-0.25, -0.2) is 8.42 Å². The second-order valence-corrected chi connectivity index (χ2v) is 7.00. The van der Waals surface area contributed by atoms with Crippen LogP contribution < -0.4 is 5.73 Å². The molecule has 1 atom stereocenters. The zero-order valence-corrected chi connectivity index (χ0v) is 10.5. The summed E-state index contributed by atoms with van der Waals surface area (Å²) in [7, 11) is -3.26. The highest BCUT2D eigenvalue weighted by molar-refractivity contribution is 7.90. The van der Waals surface area contributed by atoms with E-state index in [1.54, 1.807) is 11.2 Å². The fourth-order valence-electron chi connectivity index (χ4n) is 2.52. The fraction of sp³-hybridized carbons (Fsp3) is 1.00. The van der Waals surface area contributed by atoms with Crippen molar-refractivity contribution in [3.05, 3.63) is 0 Å². The summed E-state index contributed by atoms with van der Waals surface area (Å²) >= 11 is 0. The largest absolute Gasteiger partial charge is 0.379 e. The molecule has 1 heterocycles.